The van der Waals surface area contributed by atoms with Crippen LogP contribution in [0.5, 0.6) is 0 Å². The van der Waals surface area contributed by atoms with Crippen molar-refractivity contribution in [3.8, 4) is 12.3 Å². The molecule has 0 fully saturated rings. The van der Waals surface area contributed by atoms with Gasteiger partial charge in [0, 0.05) is 17.3 Å². The van der Waals surface area contributed by atoms with E-state index in [1.165, 1.54) is 6.07 Å². The molecule has 0 aliphatic heterocycles. The summed E-state index contributed by atoms with van der Waals surface area (Å²) < 4.78 is 26.8. The Morgan fingerprint density at radius 3 is 2.68 bits per heavy atom. The second-order valence-corrected chi connectivity index (χ2v) is 6.91. The number of sulfonamides is 1. The lowest BCUT2D eigenvalue weighted by atomic mass is 10.2. The fourth-order valence-electron chi connectivity index (χ4n) is 1.53. The molecule has 2 N–H and O–H groups in total. The first-order valence-corrected chi connectivity index (χ1v) is 7.91. The first-order chi connectivity index (χ1) is 8.81. The quantitative estimate of drug-likeness (QED) is 0.785. The Bertz CT molecular complexity index is 610. The van der Waals surface area contributed by atoms with E-state index in [1.807, 2.05) is 6.92 Å². The van der Waals surface area contributed by atoms with Gasteiger partial charge < -0.3 is 5.11 Å². The summed E-state index contributed by atoms with van der Waals surface area (Å²) in [4.78, 5) is 11.3. The van der Waals surface area contributed by atoms with Crippen molar-refractivity contribution in [1.29, 1.82) is 0 Å². The number of rotatable bonds is 6. The van der Waals surface area contributed by atoms with Gasteiger partial charge in [-0.25, -0.2) is 17.9 Å². The number of nitrogens with one attached hydrogen (secondary N) is 1. The van der Waals surface area contributed by atoms with Crippen LogP contribution in [0.15, 0.2) is 11.0 Å². The Morgan fingerprint density at radius 1 is 1.63 bits per heavy atom. The Hall–Kier alpha value is -1.36. The summed E-state index contributed by atoms with van der Waals surface area (Å²) in [6.45, 7) is 3.40. The van der Waals surface area contributed by atoms with Gasteiger partial charge in [-0.1, -0.05) is 6.92 Å². The Labute approximate surface area is 116 Å². The van der Waals surface area contributed by atoms with Crippen LogP contribution in [0.2, 0.25) is 0 Å². The summed E-state index contributed by atoms with van der Waals surface area (Å²) in [5.74, 6) is 1.28. The number of carbonyl (C=O) groups is 1. The molecule has 1 aromatic heterocycles. The van der Waals surface area contributed by atoms with Crippen molar-refractivity contribution in [3.63, 3.8) is 0 Å². The molecule has 0 radical (unpaired) electrons. The molecule has 7 heteroatoms. The molecule has 1 atom stereocenters. The molecule has 5 nitrogen and oxygen atoms in total. The third kappa shape index (κ3) is 3.80. The normalized spacial score (nSPS) is 12.9. The first kappa shape index (κ1) is 15.7. The van der Waals surface area contributed by atoms with Gasteiger partial charge in [0.15, 0.2) is 0 Å². The Balaban J connectivity index is 3.07. The third-order valence-corrected chi connectivity index (χ3v) is 5.37. The molecule has 0 saturated heterocycles. The minimum absolute atomic E-state index is 0.00266. The highest BCUT2D eigenvalue weighted by Gasteiger charge is 2.24. The van der Waals surface area contributed by atoms with Crippen molar-refractivity contribution in [3.05, 3.63) is 15.8 Å². The zero-order valence-electron chi connectivity index (χ0n) is 10.6. The summed E-state index contributed by atoms with van der Waals surface area (Å²) in [7, 11) is -3.74. The molecular formula is C12H15NO4S2. The maximum atomic E-state index is 12.2. The van der Waals surface area contributed by atoms with Crippen molar-refractivity contribution < 1.29 is 18.3 Å². The number of hydrogen-bond acceptors (Lipinski definition) is 4. The number of carboxylic acid groups (broad SMARTS) is 1. The fraction of sp³-hybridized carbons (Fsp3) is 0.417. The topological polar surface area (TPSA) is 83.5 Å². The van der Waals surface area contributed by atoms with E-state index >= 15 is 0 Å². The van der Waals surface area contributed by atoms with Gasteiger partial charge in [0.1, 0.15) is 4.88 Å². The molecule has 0 aliphatic rings. The number of carboxylic acids is 1. The van der Waals surface area contributed by atoms with Gasteiger partial charge in [-0.2, -0.15) is 0 Å². The minimum atomic E-state index is -3.74. The Kier molecular flexibility index (Phi) is 5.11. The van der Waals surface area contributed by atoms with Crippen LogP contribution in [0, 0.1) is 19.3 Å². The van der Waals surface area contributed by atoms with Crippen molar-refractivity contribution in [1.82, 2.24) is 4.72 Å². The van der Waals surface area contributed by atoms with E-state index in [1.54, 1.807) is 6.92 Å². The maximum Gasteiger partial charge on any atom is 0.345 e. The zero-order valence-corrected chi connectivity index (χ0v) is 12.3. The van der Waals surface area contributed by atoms with Crippen LogP contribution in [0.4, 0.5) is 0 Å². The van der Waals surface area contributed by atoms with Gasteiger partial charge in [0.05, 0.1) is 4.90 Å². The van der Waals surface area contributed by atoms with Crippen LogP contribution in [0.3, 0.4) is 0 Å². The van der Waals surface area contributed by atoms with Gasteiger partial charge in [0.25, 0.3) is 0 Å². The summed E-state index contributed by atoms with van der Waals surface area (Å²) in [5.41, 5.74) is 0. The summed E-state index contributed by atoms with van der Waals surface area (Å²) in [6.07, 6.45) is 6.04. The molecule has 0 saturated carbocycles. The van der Waals surface area contributed by atoms with Gasteiger partial charge in [0.2, 0.25) is 10.0 Å². The lowest BCUT2D eigenvalue weighted by Gasteiger charge is -2.14. The highest BCUT2D eigenvalue weighted by molar-refractivity contribution is 7.89. The highest BCUT2D eigenvalue weighted by atomic mass is 32.2. The largest absolute Gasteiger partial charge is 0.477 e. The monoisotopic (exact) mass is 301 g/mol. The summed E-state index contributed by atoms with van der Waals surface area (Å²) in [5, 5.41) is 8.87. The highest BCUT2D eigenvalue weighted by Crippen LogP contribution is 2.26. The zero-order chi connectivity index (χ0) is 14.6. The van der Waals surface area contributed by atoms with E-state index in [4.69, 9.17) is 11.5 Å². The SMILES string of the molecule is C#CCC(CC)NS(=O)(=O)c1cc(C(=O)O)sc1C. The van der Waals surface area contributed by atoms with E-state index in [0.717, 1.165) is 11.3 Å². The molecule has 0 aliphatic carbocycles. The smallest absolute Gasteiger partial charge is 0.345 e. The van der Waals surface area contributed by atoms with E-state index in [-0.39, 0.29) is 15.8 Å². The van der Waals surface area contributed by atoms with E-state index in [9.17, 15) is 13.2 Å². The molecule has 1 heterocycles. The fourth-order valence-corrected chi connectivity index (χ4v) is 4.28. The van der Waals surface area contributed by atoms with Crippen LogP contribution in [0.25, 0.3) is 0 Å². The predicted octanol–water partition coefficient (Wildman–Crippen LogP) is 1.83. The molecule has 1 aromatic rings. The number of aromatic carboxylic acids is 1. The second-order valence-electron chi connectivity index (χ2n) is 3.97. The molecule has 0 spiro atoms. The van der Waals surface area contributed by atoms with Crippen LogP contribution >= 0.6 is 11.3 Å². The van der Waals surface area contributed by atoms with Gasteiger partial charge >= 0.3 is 5.97 Å². The standard InChI is InChI=1S/C12H15NO4S2/c1-4-6-9(5-2)13-19(16,17)11-7-10(12(14)15)18-8(11)3/h1,7,9,13H,5-6H2,2-3H3,(H,14,15). The van der Waals surface area contributed by atoms with E-state index < -0.39 is 16.0 Å². The lowest BCUT2D eigenvalue weighted by molar-refractivity contribution is 0.0702. The molecule has 19 heavy (non-hydrogen) atoms. The number of aryl methyl sites for hydroxylation is 1. The molecule has 0 bridgehead atoms. The molecule has 0 amide bonds. The van der Waals surface area contributed by atoms with Crippen LogP contribution < -0.4 is 4.72 Å². The molecule has 1 rings (SSSR count). The van der Waals surface area contributed by atoms with Crippen molar-refractivity contribution in [2.75, 3.05) is 0 Å². The summed E-state index contributed by atoms with van der Waals surface area (Å²) in [6, 6.07) is 0.829. The van der Waals surface area contributed by atoms with Crippen LogP contribution in [0.1, 0.15) is 34.3 Å². The predicted molar refractivity (Wildman–Crippen MR) is 73.9 cm³/mol. The third-order valence-electron chi connectivity index (χ3n) is 2.55. The molecule has 1 unspecified atom stereocenters. The molecule has 104 valence electrons. The van der Waals surface area contributed by atoms with Crippen LogP contribution in [-0.2, 0) is 10.0 Å². The van der Waals surface area contributed by atoms with E-state index in [0.29, 0.717) is 17.7 Å². The van der Waals surface area contributed by atoms with Crippen molar-refractivity contribution in [2.24, 2.45) is 0 Å². The maximum absolute atomic E-state index is 12.2. The minimum Gasteiger partial charge on any atom is -0.477 e. The second kappa shape index (κ2) is 6.19. The summed E-state index contributed by atoms with van der Waals surface area (Å²) >= 11 is 0.938. The Morgan fingerprint density at radius 2 is 2.26 bits per heavy atom. The molecular weight excluding hydrogens is 286 g/mol. The lowest BCUT2D eigenvalue weighted by Crippen LogP contribution is -2.34. The average molecular weight is 301 g/mol. The van der Waals surface area contributed by atoms with Gasteiger partial charge in [-0.3, -0.25) is 0 Å². The van der Waals surface area contributed by atoms with E-state index in [2.05, 4.69) is 10.6 Å². The van der Waals surface area contributed by atoms with Gasteiger partial charge in [-0.05, 0) is 19.4 Å². The number of thiophene rings is 1. The first-order valence-electron chi connectivity index (χ1n) is 5.61. The average Bonchev–Trinajstić information content (AvgIpc) is 2.71. The van der Waals surface area contributed by atoms with Crippen molar-refractivity contribution >= 4 is 27.3 Å². The number of hydrogen-bond donors (Lipinski definition) is 2. The number of terminal acetylenes is 1. The van der Waals surface area contributed by atoms with Crippen LogP contribution in [-0.4, -0.2) is 25.5 Å². The molecule has 0 aromatic carbocycles. The van der Waals surface area contributed by atoms with Crippen molar-refractivity contribution in [2.45, 2.75) is 37.6 Å². The van der Waals surface area contributed by atoms with Gasteiger partial charge in [-0.15, -0.1) is 23.7 Å².